The second kappa shape index (κ2) is 5.37. The lowest BCUT2D eigenvalue weighted by molar-refractivity contribution is 0.276. The molecule has 0 bridgehead atoms. The minimum atomic E-state index is 0.391. The molecule has 1 aliphatic heterocycles. The van der Waals surface area contributed by atoms with Crippen LogP contribution < -0.4 is 10.2 Å². The van der Waals surface area contributed by atoms with Crippen LogP contribution >= 0.6 is 11.8 Å². The molecule has 1 aromatic rings. The van der Waals surface area contributed by atoms with Gasteiger partial charge in [0.1, 0.15) is 0 Å². The van der Waals surface area contributed by atoms with Crippen LogP contribution in [0.15, 0.2) is 29.2 Å². The summed E-state index contributed by atoms with van der Waals surface area (Å²) < 4.78 is 0. The van der Waals surface area contributed by atoms with Crippen molar-refractivity contribution in [1.82, 2.24) is 5.32 Å². The number of hydrogen-bond donors (Lipinski definition) is 1. The molecule has 3 rings (SSSR count). The van der Waals surface area contributed by atoms with E-state index in [2.05, 4.69) is 47.7 Å². The third-order valence-electron chi connectivity index (χ3n) is 4.72. The number of piperazine rings is 1. The van der Waals surface area contributed by atoms with E-state index in [1.54, 1.807) is 0 Å². The van der Waals surface area contributed by atoms with Crippen LogP contribution in [0.2, 0.25) is 0 Å². The first-order valence-electron chi connectivity index (χ1n) is 7.38. The fraction of sp³-hybridized carbons (Fsp3) is 0.625. The topological polar surface area (TPSA) is 15.3 Å². The third-order valence-corrected chi connectivity index (χ3v) is 5.45. The van der Waals surface area contributed by atoms with Gasteiger partial charge in [0.15, 0.2) is 0 Å². The Morgan fingerprint density at radius 3 is 2.84 bits per heavy atom. The molecule has 1 heterocycles. The molecule has 1 saturated heterocycles. The summed E-state index contributed by atoms with van der Waals surface area (Å²) in [7, 11) is 0. The third kappa shape index (κ3) is 2.63. The van der Waals surface area contributed by atoms with Gasteiger partial charge in [-0.2, -0.15) is 0 Å². The van der Waals surface area contributed by atoms with Gasteiger partial charge in [-0.3, -0.25) is 0 Å². The van der Waals surface area contributed by atoms with Gasteiger partial charge in [-0.1, -0.05) is 18.9 Å². The summed E-state index contributed by atoms with van der Waals surface area (Å²) in [6, 6.07) is 9.59. The van der Waals surface area contributed by atoms with Crippen LogP contribution in [-0.2, 0) is 0 Å². The van der Waals surface area contributed by atoms with Crippen molar-refractivity contribution in [1.29, 1.82) is 0 Å². The lowest BCUT2D eigenvalue weighted by atomic mass is 9.92. The van der Waals surface area contributed by atoms with Gasteiger partial charge in [-0.15, -0.1) is 11.8 Å². The number of thioether (sulfide) groups is 1. The summed E-state index contributed by atoms with van der Waals surface area (Å²) >= 11 is 1.83. The Morgan fingerprint density at radius 1 is 1.32 bits per heavy atom. The summed E-state index contributed by atoms with van der Waals surface area (Å²) in [4.78, 5) is 3.98. The standard InChI is InChI=1S/C16H24N2S/c1-13-11-17-16(8-3-4-9-16)12-18(13)14-6-5-7-15(10-14)19-2/h5-7,10,13,17H,3-4,8-9,11-12H2,1-2H3. The molecular weight excluding hydrogens is 252 g/mol. The molecule has 0 radical (unpaired) electrons. The maximum absolute atomic E-state index is 3.83. The largest absolute Gasteiger partial charge is 0.366 e. The summed E-state index contributed by atoms with van der Waals surface area (Å²) in [6.45, 7) is 4.62. The zero-order valence-corrected chi connectivity index (χ0v) is 12.8. The molecule has 1 aromatic carbocycles. The van der Waals surface area contributed by atoms with E-state index in [0.29, 0.717) is 11.6 Å². The van der Waals surface area contributed by atoms with Crippen molar-refractivity contribution >= 4 is 17.4 Å². The molecule has 1 spiro atoms. The maximum atomic E-state index is 3.83. The van der Waals surface area contributed by atoms with Gasteiger partial charge < -0.3 is 10.2 Å². The van der Waals surface area contributed by atoms with Crippen LogP contribution in [0.1, 0.15) is 32.6 Å². The van der Waals surface area contributed by atoms with Crippen molar-refractivity contribution in [3.05, 3.63) is 24.3 Å². The quantitative estimate of drug-likeness (QED) is 0.832. The summed E-state index contributed by atoms with van der Waals surface area (Å²) in [6.07, 6.45) is 7.62. The van der Waals surface area contributed by atoms with Crippen LogP contribution in [0.25, 0.3) is 0 Å². The first kappa shape index (κ1) is 13.3. The second-order valence-corrected chi connectivity index (χ2v) is 6.93. The highest BCUT2D eigenvalue weighted by molar-refractivity contribution is 7.98. The Bertz CT molecular complexity index is 440. The molecule has 1 aliphatic carbocycles. The molecule has 19 heavy (non-hydrogen) atoms. The number of nitrogens with one attached hydrogen (secondary N) is 1. The van der Waals surface area contributed by atoms with Crippen LogP contribution in [0.5, 0.6) is 0 Å². The predicted molar refractivity (Wildman–Crippen MR) is 84.2 cm³/mol. The molecule has 1 N–H and O–H groups in total. The zero-order valence-electron chi connectivity index (χ0n) is 12.0. The SMILES string of the molecule is CSc1cccc(N2CC3(CCCC3)NCC2C)c1. The highest BCUT2D eigenvalue weighted by Gasteiger charge is 2.39. The van der Waals surface area contributed by atoms with Gasteiger partial charge in [0.05, 0.1) is 0 Å². The monoisotopic (exact) mass is 276 g/mol. The summed E-state index contributed by atoms with van der Waals surface area (Å²) in [5.74, 6) is 0. The van der Waals surface area contributed by atoms with Crippen LogP contribution in [-0.4, -0.2) is 30.9 Å². The Morgan fingerprint density at radius 2 is 2.11 bits per heavy atom. The summed E-state index contributed by atoms with van der Waals surface area (Å²) in [5.41, 5.74) is 1.79. The Kier molecular flexibility index (Phi) is 3.77. The Labute approximate surface area is 121 Å². The van der Waals surface area contributed by atoms with Gasteiger partial charge in [0.25, 0.3) is 0 Å². The van der Waals surface area contributed by atoms with E-state index in [4.69, 9.17) is 0 Å². The van der Waals surface area contributed by atoms with Gasteiger partial charge >= 0.3 is 0 Å². The molecule has 1 unspecified atom stereocenters. The predicted octanol–water partition coefficient (Wildman–Crippen LogP) is 3.52. The molecule has 0 amide bonds. The first-order valence-corrected chi connectivity index (χ1v) is 8.61. The normalized spacial score (nSPS) is 26.0. The minimum Gasteiger partial charge on any atom is -0.366 e. The molecule has 1 saturated carbocycles. The molecule has 2 aliphatic rings. The number of benzene rings is 1. The van der Waals surface area contributed by atoms with E-state index in [1.165, 1.54) is 42.8 Å². The molecule has 1 atom stereocenters. The Balaban J connectivity index is 1.84. The summed E-state index contributed by atoms with van der Waals surface area (Å²) in [5, 5.41) is 3.83. The fourth-order valence-electron chi connectivity index (χ4n) is 3.53. The lowest BCUT2D eigenvalue weighted by Gasteiger charge is -2.46. The minimum absolute atomic E-state index is 0.391. The number of rotatable bonds is 2. The van der Waals surface area contributed by atoms with Crippen LogP contribution in [0.3, 0.4) is 0 Å². The van der Waals surface area contributed by atoms with Crippen molar-refractivity contribution in [3.8, 4) is 0 Å². The van der Waals surface area contributed by atoms with Crippen molar-refractivity contribution in [3.63, 3.8) is 0 Å². The van der Waals surface area contributed by atoms with Gasteiger partial charge in [0.2, 0.25) is 0 Å². The number of nitrogens with zero attached hydrogens (tertiary/aromatic N) is 1. The fourth-order valence-corrected chi connectivity index (χ4v) is 3.99. The number of anilines is 1. The van der Waals surface area contributed by atoms with Gasteiger partial charge in [-0.25, -0.2) is 0 Å². The molecular formula is C16H24N2S. The van der Waals surface area contributed by atoms with Crippen molar-refractivity contribution < 1.29 is 0 Å². The average Bonchev–Trinajstić information content (AvgIpc) is 2.90. The van der Waals surface area contributed by atoms with E-state index < -0.39 is 0 Å². The van der Waals surface area contributed by atoms with Gasteiger partial charge in [0, 0.05) is 35.3 Å². The second-order valence-electron chi connectivity index (χ2n) is 6.05. The van der Waals surface area contributed by atoms with E-state index in [9.17, 15) is 0 Å². The highest BCUT2D eigenvalue weighted by Crippen LogP contribution is 2.35. The van der Waals surface area contributed by atoms with E-state index >= 15 is 0 Å². The molecule has 2 fully saturated rings. The van der Waals surface area contributed by atoms with E-state index in [1.807, 2.05) is 11.8 Å². The lowest BCUT2D eigenvalue weighted by Crippen LogP contribution is -2.62. The van der Waals surface area contributed by atoms with Crippen LogP contribution in [0, 0.1) is 0 Å². The molecule has 0 aromatic heterocycles. The Hall–Kier alpha value is -0.670. The van der Waals surface area contributed by atoms with Crippen LogP contribution in [0.4, 0.5) is 5.69 Å². The molecule has 104 valence electrons. The van der Waals surface area contributed by atoms with Crippen molar-refractivity contribution in [2.75, 3.05) is 24.2 Å². The van der Waals surface area contributed by atoms with Crippen molar-refractivity contribution in [2.24, 2.45) is 0 Å². The van der Waals surface area contributed by atoms with Crippen molar-refractivity contribution in [2.45, 2.75) is 49.1 Å². The highest BCUT2D eigenvalue weighted by atomic mass is 32.2. The molecule has 2 nitrogen and oxygen atoms in total. The number of hydrogen-bond acceptors (Lipinski definition) is 3. The zero-order chi connectivity index (χ0) is 13.3. The maximum Gasteiger partial charge on any atom is 0.0387 e. The first-order chi connectivity index (χ1) is 9.22. The van der Waals surface area contributed by atoms with Gasteiger partial charge in [-0.05, 0) is 44.2 Å². The van der Waals surface area contributed by atoms with E-state index in [0.717, 1.165) is 6.54 Å². The smallest absolute Gasteiger partial charge is 0.0387 e. The average molecular weight is 276 g/mol. The van der Waals surface area contributed by atoms with E-state index in [-0.39, 0.29) is 0 Å². The molecule has 3 heteroatoms.